The summed E-state index contributed by atoms with van der Waals surface area (Å²) in [5, 5.41) is 11.5. The molecule has 0 saturated carbocycles. The Labute approximate surface area is 163 Å². The number of nitrogens with zero attached hydrogens (tertiary/aromatic N) is 2. The molecule has 0 bridgehead atoms. The number of aliphatic imine (C=N–C) groups is 1. The predicted molar refractivity (Wildman–Crippen MR) is 102 cm³/mol. The lowest BCUT2D eigenvalue weighted by Gasteiger charge is -2.10. The summed E-state index contributed by atoms with van der Waals surface area (Å²) in [6.07, 6.45) is 0.238. The number of amides is 1. The monoisotopic (exact) mass is 454 g/mol. The first-order valence-electron chi connectivity index (χ1n) is 7.53. The molecule has 0 fully saturated rings. The van der Waals surface area contributed by atoms with Crippen molar-refractivity contribution in [2.45, 2.75) is 23.1 Å². The summed E-state index contributed by atoms with van der Waals surface area (Å²) in [4.78, 5) is 25.5. The number of carbonyl (C=O) groups is 1. The van der Waals surface area contributed by atoms with Crippen molar-refractivity contribution in [3.05, 3.63) is 62.1 Å². The Balaban J connectivity index is 2.77. The molecule has 0 aromatic heterocycles. The number of carbonyl (C=O) groups excluding carboxylic acids is 1. The maximum atomic E-state index is 12.9. The molecular weight excluding hydrogens is 440 g/mol. The molecule has 2 aromatic rings. The Kier molecular flexibility index (Phi) is 5.96. The van der Waals surface area contributed by atoms with Gasteiger partial charge in [0.15, 0.2) is 5.96 Å². The van der Waals surface area contributed by atoms with Gasteiger partial charge >= 0.3 is 0 Å². The molecule has 0 atom stereocenters. The fourth-order valence-corrected chi connectivity index (χ4v) is 4.10. The minimum Gasteiger partial charge on any atom is -0.370 e. The number of halogens is 1. The Morgan fingerprint density at radius 3 is 2.30 bits per heavy atom. The molecule has 142 valence electrons. The average Bonchev–Trinajstić information content (AvgIpc) is 2.60. The van der Waals surface area contributed by atoms with Crippen LogP contribution in [0.2, 0.25) is 0 Å². The maximum Gasteiger partial charge on any atom is 0.289 e. The number of nitro benzene ring substituents is 1. The van der Waals surface area contributed by atoms with Gasteiger partial charge in [0.2, 0.25) is 9.84 Å². The number of nitrogens with two attached hydrogens (primary N) is 2. The predicted octanol–water partition coefficient (Wildman–Crippen LogP) is 2.17. The molecule has 2 rings (SSSR count). The van der Waals surface area contributed by atoms with Crippen molar-refractivity contribution in [1.82, 2.24) is 0 Å². The summed E-state index contributed by atoms with van der Waals surface area (Å²) >= 11 is 3.20. The first kappa shape index (κ1) is 20.5. The lowest BCUT2D eigenvalue weighted by atomic mass is 10.0. The molecule has 27 heavy (non-hydrogen) atoms. The number of hydrogen-bond donors (Lipinski definition) is 2. The van der Waals surface area contributed by atoms with E-state index in [0.29, 0.717) is 4.47 Å². The van der Waals surface area contributed by atoms with E-state index in [9.17, 15) is 23.3 Å². The summed E-state index contributed by atoms with van der Waals surface area (Å²) in [7, 11) is -4.19. The second-order valence-corrected chi connectivity index (χ2v) is 8.22. The maximum absolute atomic E-state index is 12.9. The van der Waals surface area contributed by atoms with E-state index in [1.807, 2.05) is 0 Å². The van der Waals surface area contributed by atoms with Crippen LogP contribution in [0.4, 0.5) is 5.69 Å². The highest BCUT2D eigenvalue weighted by Crippen LogP contribution is 2.33. The second kappa shape index (κ2) is 7.84. The number of aryl methyl sites for hydroxylation is 1. The summed E-state index contributed by atoms with van der Waals surface area (Å²) < 4.78 is 26.5. The molecule has 0 aliphatic carbocycles. The number of sulfone groups is 1. The van der Waals surface area contributed by atoms with Crippen LogP contribution in [0.1, 0.15) is 22.8 Å². The van der Waals surface area contributed by atoms with Gasteiger partial charge in [-0.2, -0.15) is 4.99 Å². The largest absolute Gasteiger partial charge is 0.370 e. The Bertz CT molecular complexity index is 1050. The van der Waals surface area contributed by atoms with Gasteiger partial charge in [0.25, 0.3) is 11.6 Å². The topological polar surface area (TPSA) is 159 Å². The van der Waals surface area contributed by atoms with Gasteiger partial charge in [-0.25, -0.2) is 8.42 Å². The van der Waals surface area contributed by atoms with Crippen molar-refractivity contribution in [2.24, 2.45) is 16.5 Å². The highest BCUT2D eigenvalue weighted by molar-refractivity contribution is 9.10. The Morgan fingerprint density at radius 2 is 1.81 bits per heavy atom. The molecule has 0 aliphatic heterocycles. The summed E-state index contributed by atoms with van der Waals surface area (Å²) in [5.74, 6) is -1.39. The van der Waals surface area contributed by atoms with Gasteiger partial charge in [0, 0.05) is 10.5 Å². The third-order valence-electron chi connectivity index (χ3n) is 3.64. The molecule has 0 heterocycles. The lowest BCUT2D eigenvalue weighted by molar-refractivity contribution is -0.387. The highest BCUT2D eigenvalue weighted by Gasteiger charge is 2.30. The fourth-order valence-electron chi connectivity index (χ4n) is 2.38. The third kappa shape index (κ3) is 4.31. The van der Waals surface area contributed by atoms with Crippen LogP contribution in [0, 0.1) is 10.1 Å². The zero-order valence-electron chi connectivity index (χ0n) is 14.0. The SMILES string of the molecule is CCc1cc(S(=O)(=O)c2ccc(Br)cc2)c([N+](=O)[O-])cc1C(=O)N=C(N)N. The molecule has 4 N–H and O–H groups in total. The molecule has 0 radical (unpaired) electrons. The van der Waals surface area contributed by atoms with Gasteiger partial charge in [0.1, 0.15) is 4.90 Å². The van der Waals surface area contributed by atoms with Crippen LogP contribution in [-0.2, 0) is 16.3 Å². The van der Waals surface area contributed by atoms with Crippen LogP contribution in [0.3, 0.4) is 0 Å². The van der Waals surface area contributed by atoms with E-state index in [4.69, 9.17) is 11.5 Å². The zero-order chi connectivity index (χ0) is 20.4. The van der Waals surface area contributed by atoms with Crippen LogP contribution < -0.4 is 11.5 Å². The van der Waals surface area contributed by atoms with Gasteiger partial charge < -0.3 is 11.5 Å². The van der Waals surface area contributed by atoms with Crippen molar-refractivity contribution < 1.29 is 18.1 Å². The van der Waals surface area contributed by atoms with E-state index >= 15 is 0 Å². The van der Waals surface area contributed by atoms with Crippen LogP contribution in [0.15, 0.2) is 55.7 Å². The molecule has 0 aliphatic rings. The normalized spacial score (nSPS) is 11.0. The third-order valence-corrected chi connectivity index (χ3v) is 5.96. The fraction of sp³-hybridized carbons (Fsp3) is 0.125. The van der Waals surface area contributed by atoms with Gasteiger partial charge in [-0.3, -0.25) is 14.9 Å². The number of nitro groups is 1. The summed E-state index contributed by atoms with van der Waals surface area (Å²) in [5.41, 5.74) is 9.77. The van der Waals surface area contributed by atoms with E-state index in [-0.39, 0.29) is 22.4 Å². The van der Waals surface area contributed by atoms with Gasteiger partial charge in [0.05, 0.1) is 15.4 Å². The highest BCUT2D eigenvalue weighted by atomic mass is 79.9. The smallest absolute Gasteiger partial charge is 0.289 e. The molecule has 2 aromatic carbocycles. The molecule has 0 spiro atoms. The minimum atomic E-state index is -4.19. The van der Waals surface area contributed by atoms with Crippen molar-refractivity contribution >= 4 is 43.3 Å². The van der Waals surface area contributed by atoms with E-state index in [1.165, 1.54) is 24.3 Å². The van der Waals surface area contributed by atoms with E-state index in [2.05, 4.69) is 20.9 Å². The van der Waals surface area contributed by atoms with Gasteiger partial charge in [-0.1, -0.05) is 22.9 Å². The number of guanidine groups is 1. The lowest BCUT2D eigenvalue weighted by Crippen LogP contribution is -2.24. The van der Waals surface area contributed by atoms with Crippen molar-refractivity contribution in [3.8, 4) is 0 Å². The Hall–Kier alpha value is -2.79. The van der Waals surface area contributed by atoms with Gasteiger partial charge in [-0.15, -0.1) is 0 Å². The van der Waals surface area contributed by atoms with Crippen molar-refractivity contribution in [3.63, 3.8) is 0 Å². The number of rotatable bonds is 5. The molecule has 0 saturated heterocycles. The molecular formula is C16H15BrN4O5S. The quantitative estimate of drug-likeness (QED) is 0.302. The zero-order valence-corrected chi connectivity index (χ0v) is 16.5. The summed E-state index contributed by atoms with van der Waals surface area (Å²) in [6, 6.07) is 7.68. The van der Waals surface area contributed by atoms with Crippen molar-refractivity contribution in [1.29, 1.82) is 0 Å². The Morgan fingerprint density at radius 1 is 1.22 bits per heavy atom. The minimum absolute atomic E-state index is 0.112. The van der Waals surface area contributed by atoms with Crippen LogP contribution >= 0.6 is 15.9 Å². The standard InChI is InChI=1S/C16H15BrN4O5S/c1-2-9-7-14(27(25,26)11-5-3-10(17)4-6-11)13(21(23)24)8-12(9)15(22)20-16(18)19/h3-8H,2H2,1H3,(H4,18,19,20,22). The molecule has 9 nitrogen and oxygen atoms in total. The van der Waals surface area contributed by atoms with E-state index in [1.54, 1.807) is 6.92 Å². The average molecular weight is 455 g/mol. The first-order chi connectivity index (χ1) is 12.6. The summed E-state index contributed by atoms with van der Waals surface area (Å²) in [6.45, 7) is 1.67. The molecule has 1 amide bonds. The molecule has 0 unspecified atom stereocenters. The van der Waals surface area contributed by atoms with E-state index < -0.39 is 37.2 Å². The van der Waals surface area contributed by atoms with Crippen LogP contribution in [-0.4, -0.2) is 25.2 Å². The van der Waals surface area contributed by atoms with E-state index in [0.717, 1.165) is 12.1 Å². The van der Waals surface area contributed by atoms with Crippen molar-refractivity contribution in [2.75, 3.05) is 0 Å². The first-order valence-corrected chi connectivity index (χ1v) is 9.81. The molecule has 11 heteroatoms. The second-order valence-electron chi connectivity index (χ2n) is 5.39. The number of hydrogen-bond acceptors (Lipinski definition) is 5. The van der Waals surface area contributed by atoms with Crippen LogP contribution in [0.5, 0.6) is 0 Å². The van der Waals surface area contributed by atoms with Crippen LogP contribution in [0.25, 0.3) is 0 Å². The van der Waals surface area contributed by atoms with Gasteiger partial charge in [-0.05, 0) is 42.3 Å². The number of benzene rings is 2.